The van der Waals surface area contributed by atoms with Gasteiger partial charge in [-0.05, 0) is 66.8 Å². The molecule has 0 radical (unpaired) electrons. The van der Waals surface area contributed by atoms with Crippen molar-refractivity contribution in [2.24, 2.45) is 0 Å². The lowest BCUT2D eigenvalue weighted by Gasteiger charge is -2.32. The third-order valence-electron chi connectivity index (χ3n) is 6.67. The lowest BCUT2D eigenvalue weighted by Crippen LogP contribution is -2.37. The van der Waals surface area contributed by atoms with E-state index in [1.54, 1.807) is 17.3 Å². The number of pyridine rings is 1. The molecule has 2 aromatic heterocycles. The Hall–Kier alpha value is -4.26. The second-order valence-electron chi connectivity index (χ2n) is 9.18. The molecule has 3 heterocycles. The van der Waals surface area contributed by atoms with Crippen LogP contribution in [0.5, 0.6) is 0 Å². The summed E-state index contributed by atoms with van der Waals surface area (Å²) in [6.45, 7) is 3.20. The smallest absolute Gasteiger partial charge is 0.246 e. The number of nitrogens with zero attached hydrogens (tertiary/aromatic N) is 4. The Balaban J connectivity index is 1.37. The second kappa shape index (κ2) is 10.8. The van der Waals surface area contributed by atoms with Gasteiger partial charge in [-0.15, -0.1) is 0 Å². The third-order valence-corrected chi connectivity index (χ3v) is 6.67. The van der Waals surface area contributed by atoms with E-state index in [2.05, 4.69) is 29.0 Å². The van der Waals surface area contributed by atoms with E-state index in [9.17, 15) is 13.6 Å². The maximum atomic E-state index is 13.4. The van der Waals surface area contributed by atoms with Crippen molar-refractivity contribution >= 4 is 12.0 Å². The summed E-state index contributed by atoms with van der Waals surface area (Å²) in [5.41, 5.74) is 5.38. The van der Waals surface area contributed by atoms with Gasteiger partial charge >= 0.3 is 0 Å². The minimum atomic E-state index is -0.673. The van der Waals surface area contributed by atoms with Crippen LogP contribution in [0, 0.1) is 18.6 Å². The van der Waals surface area contributed by atoms with E-state index in [1.807, 2.05) is 30.5 Å². The molecule has 5 rings (SSSR count). The van der Waals surface area contributed by atoms with E-state index in [-0.39, 0.29) is 11.8 Å². The van der Waals surface area contributed by atoms with Gasteiger partial charge in [-0.3, -0.25) is 9.78 Å². The van der Waals surface area contributed by atoms with Crippen molar-refractivity contribution in [3.63, 3.8) is 0 Å². The Morgan fingerprint density at radius 3 is 2.43 bits per heavy atom. The largest absolute Gasteiger partial charge is 0.339 e. The summed E-state index contributed by atoms with van der Waals surface area (Å²) in [5, 5.41) is 0. The summed E-state index contributed by atoms with van der Waals surface area (Å²) in [6, 6.07) is 15.2. The van der Waals surface area contributed by atoms with Crippen LogP contribution in [0.4, 0.5) is 8.78 Å². The van der Waals surface area contributed by atoms with Gasteiger partial charge in [0.1, 0.15) is 11.6 Å². The fraction of sp³-hybridized carbons (Fsp3) is 0.200. The maximum absolute atomic E-state index is 13.4. The van der Waals surface area contributed by atoms with E-state index in [4.69, 9.17) is 4.98 Å². The number of hydrogen-bond donors (Lipinski definition) is 0. The highest BCUT2D eigenvalue weighted by atomic mass is 19.1. The van der Waals surface area contributed by atoms with Crippen molar-refractivity contribution in [1.82, 2.24) is 19.9 Å². The molecule has 1 aliphatic rings. The van der Waals surface area contributed by atoms with Crippen LogP contribution in [0.15, 0.2) is 79.3 Å². The molecular weight excluding hydrogens is 470 g/mol. The molecule has 0 saturated carbocycles. The summed E-state index contributed by atoms with van der Waals surface area (Å²) >= 11 is 0. The SMILES string of the molecule is Cc1ccccc1-c1cnc(-c2cccnc2)nc1C1CCN(C(=O)/C=C/c2cc(F)cc(F)c2)CC1. The lowest BCUT2D eigenvalue weighted by molar-refractivity contribution is -0.126. The topological polar surface area (TPSA) is 59.0 Å². The number of likely N-dealkylation sites (tertiary alicyclic amines) is 1. The highest BCUT2D eigenvalue weighted by Crippen LogP contribution is 2.36. The van der Waals surface area contributed by atoms with Crippen molar-refractivity contribution in [3.05, 3.63) is 108 Å². The van der Waals surface area contributed by atoms with E-state index in [0.29, 0.717) is 24.5 Å². The number of carbonyl (C=O) groups excluding carboxylic acids is 1. The van der Waals surface area contributed by atoms with Gasteiger partial charge < -0.3 is 4.90 Å². The number of rotatable bonds is 5. The zero-order valence-electron chi connectivity index (χ0n) is 20.4. The van der Waals surface area contributed by atoms with Crippen molar-refractivity contribution in [2.75, 3.05) is 13.1 Å². The molecule has 1 saturated heterocycles. The predicted molar refractivity (Wildman–Crippen MR) is 139 cm³/mol. The Labute approximate surface area is 214 Å². The van der Waals surface area contributed by atoms with Crippen molar-refractivity contribution in [1.29, 1.82) is 0 Å². The first-order valence-corrected chi connectivity index (χ1v) is 12.2. The van der Waals surface area contributed by atoms with Crippen LogP contribution in [0.1, 0.15) is 35.6 Å². The zero-order valence-corrected chi connectivity index (χ0v) is 20.4. The normalized spacial score (nSPS) is 14.3. The second-order valence-corrected chi connectivity index (χ2v) is 9.18. The average molecular weight is 497 g/mol. The Kier molecular flexibility index (Phi) is 7.12. The van der Waals surface area contributed by atoms with Gasteiger partial charge in [0, 0.05) is 60.9 Å². The van der Waals surface area contributed by atoms with Gasteiger partial charge in [-0.2, -0.15) is 0 Å². The molecule has 4 aromatic rings. The zero-order chi connectivity index (χ0) is 25.8. The van der Waals surface area contributed by atoms with Crippen LogP contribution in [0.3, 0.4) is 0 Å². The monoisotopic (exact) mass is 496 g/mol. The molecule has 0 spiro atoms. The number of amides is 1. The summed E-state index contributed by atoms with van der Waals surface area (Å²) in [4.78, 5) is 28.4. The Morgan fingerprint density at radius 1 is 0.973 bits per heavy atom. The highest BCUT2D eigenvalue weighted by molar-refractivity contribution is 5.91. The van der Waals surface area contributed by atoms with E-state index in [0.717, 1.165) is 46.9 Å². The fourth-order valence-corrected chi connectivity index (χ4v) is 4.74. The molecule has 5 nitrogen and oxygen atoms in total. The van der Waals surface area contributed by atoms with Crippen molar-refractivity contribution < 1.29 is 13.6 Å². The predicted octanol–water partition coefficient (Wildman–Crippen LogP) is 6.21. The van der Waals surface area contributed by atoms with E-state index < -0.39 is 11.6 Å². The van der Waals surface area contributed by atoms with Gasteiger partial charge in [0.05, 0.1) is 5.69 Å². The molecule has 0 aliphatic carbocycles. The highest BCUT2D eigenvalue weighted by Gasteiger charge is 2.27. The fourth-order valence-electron chi connectivity index (χ4n) is 4.74. The summed E-state index contributed by atoms with van der Waals surface area (Å²) < 4.78 is 26.9. The molecule has 0 N–H and O–H groups in total. The van der Waals surface area contributed by atoms with Gasteiger partial charge in [0.2, 0.25) is 5.91 Å². The van der Waals surface area contributed by atoms with E-state index >= 15 is 0 Å². The maximum Gasteiger partial charge on any atom is 0.246 e. The molecule has 0 bridgehead atoms. The molecule has 186 valence electrons. The standard InChI is InChI=1S/C30H26F2N4O/c1-20-5-2-3-7-26(20)27-19-34-30(23-6-4-12-33-18-23)35-29(27)22-10-13-36(14-11-22)28(37)9-8-21-15-24(31)17-25(32)16-21/h2-9,12,15-19,22H,10-11,13-14H2,1H3/b9-8+. The van der Waals surface area contributed by atoms with Gasteiger partial charge in [-0.1, -0.05) is 24.3 Å². The molecule has 7 heteroatoms. The number of aryl methyl sites for hydroxylation is 1. The molecule has 1 amide bonds. The van der Waals surface area contributed by atoms with Crippen molar-refractivity contribution in [2.45, 2.75) is 25.7 Å². The minimum absolute atomic E-state index is 0.151. The number of carbonyl (C=O) groups is 1. The van der Waals surface area contributed by atoms with Crippen LogP contribution >= 0.6 is 0 Å². The number of benzene rings is 2. The number of piperidine rings is 1. The van der Waals surface area contributed by atoms with Gasteiger partial charge in [0.25, 0.3) is 0 Å². The summed E-state index contributed by atoms with van der Waals surface area (Å²) in [7, 11) is 0. The first-order valence-electron chi connectivity index (χ1n) is 12.2. The lowest BCUT2D eigenvalue weighted by atomic mass is 9.87. The first-order chi connectivity index (χ1) is 18.0. The number of halogens is 2. The molecule has 1 aliphatic heterocycles. The first kappa shape index (κ1) is 24.4. The van der Waals surface area contributed by atoms with Crippen LogP contribution in [-0.4, -0.2) is 38.8 Å². The molecule has 2 aromatic carbocycles. The molecule has 0 unspecified atom stereocenters. The molecule has 1 fully saturated rings. The Bertz CT molecular complexity index is 1430. The van der Waals surface area contributed by atoms with Crippen LogP contribution < -0.4 is 0 Å². The van der Waals surface area contributed by atoms with Crippen molar-refractivity contribution in [3.8, 4) is 22.5 Å². The van der Waals surface area contributed by atoms with Crippen LogP contribution in [0.25, 0.3) is 28.6 Å². The van der Waals surface area contributed by atoms with Gasteiger partial charge in [0.15, 0.2) is 5.82 Å². The molecular formula is C30H26F2N4O. The Morgan fingerprint density at radius 2 is 1.73 bits per heavy atom. The van der Waals surface area contributed by atoms with Crippen LogP contribution in [0.2, 0.25) is 0 Å². The third kappa shape index (κ3) is 5.61. The molecule has 0 atom stereocenters. The molecule has 37 heavy (non-hydrogen) atoms. The van der Waals surface area contributed by atoms with E-state index in [1.165, 1.54) is 24.3 Å². The summed E-state index contributed by atoms with van der Waals surface area (Å²) in [6.07, 6.45) is 9.68. The number of aromatic nitrogens is 3. The number of hydrogen-bond acceptors (Lipinski definition) is 4. The van der Waals surface area contributed by atoms with Crippen LogP contribution in [-0.2, 0) is 4.79 Å². The average Bonchev–Trinajstić information content (AvgIpc) is 2.92. The quantitative estimate of drug-likeness (QED) is 0.308. The van der Waals surface area contributed by atoms with Gasteiger partial charge in [-0.25, -0.2) is 18.7 Å². The minimum Gasteiger partial charge on any atom is -0.339 e. The summed E-state index contributed by atoms with van der Waals surface area (Å²) in [5.74, 6) is -0.746.